The van der Waals surface area contributed by atoms with Crippen LogP contribution >= 0.6 is 11.3 Å². The molecule has 0 N–H and O–H groups in total. The number of aromatic nitrogens is 1. The average Bonchev–Trinajstić information content (AvgIpc) is 3.54. The van der Waals surface area contributed by atoms with E-state index in [9.17, 15) is 0 Å². The van der Waals surface area contributed by atoms with Crippen molar-refractivity contribution in [1.82, 2.24) is 4.98 Å². The van der Waals surface area contributed by atoms with Gasteiger partial charge in [-0.05, 0) is 97.7 Å². The van der Waals surface area contributed by atoms with Gasteiger partial charge in [0, 0.05) is 37.5 Å². The second-order valence-corrected chi connectivity index (χ2v) is 13.8. The van der Waals surface area contributed by atoms with Gasteiger partial charge in [0.15, 0.2) is 0 Å². The van der Waals surface area contributed by atoms with Gasteiger partial charge in [0.1, 0.15) is 0 Å². The third-order valence-corrected chi connectivity index (χ3v) is 10.9. The second-order valence-electron chi connectivity index (χ2n) is 12.7. The summed E-state index contributed by atoms with van der Waals surface area (Å²) in [5.74, 6) is 0. The van der Waals surface area contributed by atoms with Gasteiger partial charge >= 0.3 is 0 Å². The number of nitrogens with zero attached hydrogens (tertiary/aromatic N) is 1. The van der Waals surface area contributed by atoms with Crippen LogP contribution in [0.1, 0.15) is 18.1 Å². The van der Waals surface area contributed by atoms with Crippen molar-refractivity contribution in [3.8, 4) is 44.6 Å². The van der Waals surface area contributed by atoms with Crippen LogP contribution in [0.2, 0.25) is 0 Å². The number of allylic oxidation sites excluding steroid dienone is 1. The molecule has 0 saturated carbocycles. The number of pyridine rings is 1. The summed E-state index contributed by atoms with van der Waals surface area (Å²) in [6.45, 7) is 6.09. The van der Waals surface area contributed by atoms with Gasteiger partial charge in [-0.3, -0.25) is 4.98 Å². The topological polar surface area (TPSA) is 12.9 Å². The maximum absolute atomic E-state index is 5.02. The minimum absolute atomic E-state index is 0.962. The Labute approximate surface area is 296 Å². The van der Waals surface area contributed by atoms with E-state index >= 15 is 0 Å². The Kier molecular flexibility index (Phi) is 7.45. The molecule has 0 aliphatic carbocycles. The molecule has 0 amide bonds. The van der Waals surface area contributed by atoms with E-state index in [1.807, 2.05) is 23.6 Å². The summed E-state index contributed by atoms with van der Waals surface area (Å²) in [7, 11) is 0. The third kappa shape index (κ3) is 5.05. The van der Waals surface area contributed by atoms with Crippen molar-refractivity contribution in [2.45, 2.75) is 6.92 Å². The molecule has 0 saturated heterocycles. The number of thiophene rings is 1. The minimum Gasteiger partial charge on any atom is -0.256 e. The Morgan fingerprint density at radius 3 is 1.68 bits per heavy atom. The maximum Gasteiger partial charge on any atom is 0.0702 e. The predicted octanol–water partition coefficient (Wildman–Crippen LogP) is 14.1. The summed E-state index contributed by atoms with van der Waals surface area (Å²) < 4.78 is 2.59. The molecule has 0 aliphatic heterocycles. The normalized spacial score (nSPS) is 11.7. The van der Waals surface area contributed by atoms with Gasteiger partial charge in [-0.2, -0.15) is 0 Å². The van der Waals surface area contributed by atoms with Crippen molar-refractivity contribution in [3.05, 3.63) is 176 Å². The van der Waals surface area contributed by atoms with Crippen molar-refractivity contribution in [1.29, 1.82) is 0 Å². The first-order valence-corrected chi connectivity index (χ1v) is 17.8. The lowest BCUT2D eigenvalue weighted by Crippen LogP contribution is -1.92. The Morgan fingerprint density at radius 1 is 0.480 bits per heavy atom. The monoisotopic (exact) mass is 655 g/mol. The first-order chi connectivity index (χ1) is 24.7. The highest BCUT2D eigenvalue weighted by Crippen LogP contribution is 2.44. The van der Waals surface area contributed by atoms with Gasteiger partial charge in [-0.1, -0.05) is 140 Å². The molecule has 2 heteroatoms. The molecular weight excluding hydrogens is 623 g/mol. The molecule has 0 radical (unpaired) electrons. The van der Waals surface area contributed by atoms with Crippen LogP contribution in [0, 0.1) is 0 Å². The molecule has 0 fully saturated rings. The highest BCUT2D eigenvalue weighted by atomic mass is 32.1. The Bertz CT molecular complexity index is 2690. The molecule has 7 aromatic carbocycles. The fraction of sp³-hybridized carbons (Fsp3) is 0.0208. The maximum atomic E-state index is 5.02. The molecule has 2 aromatic heterocycles. The van der Waals surface area contributed by atoms with Crippen LogP contribution in [-0.4, -0.2) is 4.98 Å². The van der Waals surface area contributed by atoms with Gasteiger partial charge in [-0.15, -0.1) is 11.3 Å². The zero-order valence-electron chi connectivity index (χ0n) is 27.7. The fourth-order valence-corrected chi connectivity index (χ4v) is 8.55. The number of hydrogen-bond donors (Lipinski definition) is 0. The van der Waals surface area contributed by atoms with Gasteiger partial charge in [0.2, 0.25) is 0 Å². The molecule has 236 valence electrons. The summed E-state index contributed by atoms with van der Waals surface area (Å²) in [4.78, 5) is 5.02. The largest absolute Gasteiger partial charge is 0.256 e. The van der Waals surface area contributed by atoms with E-state index in [0.29, 0.717) is 0 Å². The standard InChI is InChI=1S/C48H33NS/c1-3-12-35-27-43-42-28-36(24-26-45(42)50-46(43)29-31(35)4-2)32-19-21-33(22-20-32)44-25-23-37(30-49-44)48-40-17-10-8-15-38(40)47(34-13-6-5-7-14-34)39-16-9-11-18-41(39)48/h3-30H,2H2,1H3/b12-3-. The molecule has 0 atom stereocenters. The van der Waals surface area contributed by atoms with Gasteiger partial charge in [0.25, 0.3) is 0 Å². The van der Waals surface area contributed by atoms with Crippen LogP contribution in [0.4, 0.5) is 0 Å². The average molecular weight is 656 g/mol. The quantitative estimate of drug-likeness (QED) is 0.162. The number of rotatable bonds is 6. The first kappa shape index (κ1) is 30.0. The highest BCUT2D eigenvalue weighted by Gasteiger charge is 2.17. The molecular formula is C48H33NS. The number of benzene rings is 7. The molecule has 0 aliphatic rings. The molecule has 0 unspecified atom stereocenters. The van der Waals surface area contributed by atoms with Crippen LogP contribution in [0.5, 0.6) is 0 Å². The SMILES string of the molecule is C=Cc1cc2sc3ccc(-c4ccc(-c5ccc(-c6c7ccccc7c(-c7ccccc7)c7ccccc67)cn5)cc4)cc3c2cc1/C=C\C. The molecule has 9 aromatic rings. The predicted molar refractivity (Wildman–Crippen MR) is 219 cm³/mol. The van der Waals surface area contributed by atoms with E-state index in [2.05, 4.69) is 171 Å². The minimum atomic E-state index is 0.962. The summed E-state index contributed by atoms with van der Waals surface area (Å²) in [6.07, 6.45) is 8.23. The van der Waals surface area contributed by atoms with Gasteiger partial charge in [-0.25, -0.2) is 0 Å². The van der Waals surface area contributed by atoms with E-state index in [1.165, 1.54) is 80.7 Å². The molecule has 0 spiro atoms. The fourth-order valence-electron chi connectivity index (χ4n) is 7.44. The number of hydrogen-bond acceptors (Lipinski definition) is 2. The molecule has 9 rings (SSSR count). The highest BCUT2D eigenvalue weighted by molar-refractivity contribution is 7.25. The van der Waals surface area contributed by atoms with E-state index < -0.39 is 0 Å². The van der Waals surface area contributed by atoms with Crippen LogP contribution in [0.25, 0.3) is 98.5 Å². The van der Waals surface area contributed by atoms with Gasteiger partial charge in [0.05, 0.1) is 5.69 Å². The molecule has 1 nitrogen and oxygen atoms in total. The zero-order valence-corrected chi connectivity index (χ0v) is 28.5. The molecule has 0 bridgehead atoms. The van der Waals surface area contributed by atoms with Gasteiger partial charge < -0.3 is 0 Å². The Balaban J connectivity index is 1.08. The lowest BCUT2D eigenvalue weighted by Gasteiger charge is -2.17. The van der Waals surface area contributed by atoms with Crippen LogP contribution in [0.3, 0.4) is 0 Å². The third-order valence-electron chi connectivity index (χ3n) is 9.80. The Morgan fingerprint density at radius 2 is 1.06 bits per heavy atom. The lowest BCUT2D eigenvalue weighted by molar-refractivity contribution is 1.33. The van der Waals surface area contributed by atoms with E-state index in [4.69, 9.17) is 4.98 Å². The van der Waals surface area contributed by atoms with Crippen molar-refractivity contribution in [2.75, 3.05) is 0 Å². The van der Waals surface area contributed by atoms with Crippen LogP contribution < -0.4 is 0 Å². The number of fused-ring (bicyclic) bond motifs is 5. The lowest BCUT2D eigenvalue weighted by atomic mass is 9.86. The second kappa shape index (κ2) is 12.4. The summed E-state index contributed by atoms with van der Waals surface area (Å²) in [5, 5.41) is 7.56. The van der Waals surface area contributed by atoms with E-state index in [0.717, 1.165) is 16.8 Å². The summed E-state index contributed by atoms with van der Waals surface area (Å²) >= 11 is 1.84. The molecule has 50 heavy (non-hydrogen) atoms. The van der Waals surface area contributed by atoms with Crippen LogP contribution in [0.15, 0.2) is 164 Å². The summed E-state index contributed by atoms with van der Waals surface area (Å²) in [5.41, 5.74) is 11.7. The van der Waals surface area contributed by atoms with Crippen molar-refractivity contribution >= 4 is 65.2 Å². The first-order valence-electron chi connectivity index (χ1n) is 17.0. The smallest absolute Gasteiger partial charge is 0.0702 e. The van der Waals surface area contributed by atoms with E-state index in [1.54, 1.807) is 0 Å². The van der Waals surface area contributed by atoms with Crippen molar-refractivity contribution < 1.29 is 0 Å². The Hall–Kier alpha value is -6.09. The summed E-state index contributed by atoms with van der Waals surface area (Å²) in [6, 6.07) is 52.8. The van der Waals surface area contributed by atoms with Crippen LogP contribution in [-0.2, 0) is 0 Å². The zero-order chi connectivity index (χ0) is 33.6. The van der Waals surface area contributed by atoms with Crippen molar-refractivity contribution in [3.63, 3.8) is 0 Å². The van der Waals surface area contributed by atoms with Crippen molar-refractivity contribution in [2.24, 2.45) is 0 Å². The van der Waals surface area contributed by atoms with E-state index in [-0.39, 0.29) is 0 Å². The molecule has 2 heterocycles.